The maximum atomic E-state index is 7.35. The molecule has 0 radical (unpaired) electrons. The molecule has 0 fully saturated rings. The molecular weight excluding hydrogens is 847 g/mol. The number of benzene rings is 11. The van der Waals surface area contributed by atoms with Crippen molar-refractivity contribution in [2.45, 2.75) is 10.8 Å². The maximum Gasteiger partial charge on any atom is 0.140 e. The van der Waals surface area contributed by atoms with Crippen molar-refractivity contribution in [3.8, 4) is 33.4 Å². The summed E-state index contributed by atoms with van der Waals surface area (Å²) in [7, 11) is 0. The van der Waals surface area contributed by atoms with Gasteiger partial charge < -0.3 is 9.32 Å². The van der Waals surface area contributed by atoms with Crippen molar-refractivity contribution < 1.29 is 4.42 Å². The van der Waals surface area contributed by atoms with Gasteiger partial charge in [-0.2, -0.15) is 0 Å². The summed E-state index contributed by atoms with van der Waals surface area (Å²) in [5, 5.41) is 2.18. The molecule has 0 atom stereocenters. The van der Waals surface area contributed by atoms with Gasteiger partial charge in [0.05, 0.1) is 10.8 Å². The van der Waals surface area contributed by atoms with Gasteiger partial charge in [0.15, 0.2) is 0 Å². The number of nitrogens with zero attached hydrogens (tertiary/aromatic N) is 1. The van der Waals surface area contributed by atoms with E-state index in [4.69, 9.17) is 4.42 Å². The first-order chi connectivity index (χ1) is 34.7. The van der Waals surface area contributed by atoms with E-state index in [1.807, 2.05) is 0 Å². The molecular formula is C68H45NO. The van der Waals surface area contributed by atoms with Crippen molar-refractivity contribution in [3.05, 3.63) is 317 Å². The summed E-state index contributed by atoms with van der Waals surface area (Å²) in [6.07, 6.45) is 0. The highest BCUT2D eigenvalue weighted by molar-refractivity contribution is 6.08. The molecule has 0 N–H and O–H groups in total. The quantitative estimate of drug-likeness (QED) is 0.151. The smallest absolute Gasteiger partial charge is 0.140 e. The molecule has 12 aromatic rings. The summed E-state index contributed by atoms with van der Waals surface area (Å²) in [5.41, 5.74) is 21.0. The molecule has 2 aliphatic rings. The van der Waals surface area contributed by atoms with Crippen LogP contribution in [0.3, 0.4) is 0 Å². The molecule has 0 aliphatic heterocycles. The number of fused-ring (bicyclic) bond motifs is 9. The highest BCUT2D eigenvalue weighted by Crippen LogP contribution is 2.59. The lowest BCUT2D eigenvalue weighted by molar-refractivity contribution is 0.648. The fraction of sp³-hybridized carbons (Fsp3) is 0.0294. The molecule has 2 aliphatic carbocycles. The van der Waals surface area contributed by atoms with Gasteiger partial charge in [0.2, 0.25) is 0 Å². The molecule has 0 spiro atoms. The van der Waals surface area contributed by atoms with Crippen LogP contribution in [0.1, 0.15) is 44.5 Å². The van der Waals surface area contributed by atoms with Crippen LogP contribution in [-0.4, -0.2) is 0 Å². The minimum atomic E-state index is -0.594. The second kappa shape index (κ2) is 15.8. The lowest BCUT2D eigenvalue weighted by atomic mass is 9.67. The van der Waals surface area contributed by atoms with Crippen molar-refractivity contribution in [1.82, 2.24) is 0 Å². The van der Waals surface area contributed by atoms with Crippen molar-refractivity contribution in [2.75, 3.05) is 4.90 Å². The van der Waals surface area contributed by atoms with Gasteiger partial charge in [0.25, 0.3) is 0 Å². The Kier molecular flexibility index (Phi) is 9.06. The van der Waals surface area contributed by atoms with E-state index in [0.717, 1.165) is 44.6 Å². The average Bonchev–Trinajstić information content (AvgIpc) is 4.07. The summed E-state index contributed by atoms with van der Waals surface area (Å²) < 4.78 is 7.35. The van der Waals surface area contributed by atoms with E-state index >= 15 is 0 Å². The topological polar surface area (TPSA) is 16.4 Å². The van der Waals surface area contributed by atoms with Gasteiger partial charge in [0, 0.05) is 39.5 Å². The minimum Gasteiger partial charge on any atom is -0.456 e. The molecule has 70 heavy (non-hydrogen) atoms. The van der Waals surface area contributed by atoms with Crippen LogP contribution in [0.25, 0.3) is 55.3 Å². The first kappa shape index (κ1) is 40.1. The van der Waals surface area contributed by atoms with Crippen LogP contribution >= 0.6 is 0 Å². The SMILES string of the molecule is c1ccc(-c2ccc(N(c3ccc4c(c3)C(c3ccccc3)(c3ccccc3)c3ccccc3-4)c3ccc4c(c3)oc3c(C5(c6ccccc6)c6ccccc6-c6ccccc65)cccc34)cc2)cc1. The van der Waals surface area contributed by atoms with E-state index in [1.165, 1.54) is 72.3 Å². The Morgan fingerprint density at radius 1 is 0.271 bits per heavy atom. The largest absolute Gasteiger partial charge is 0.456 e. The number of anilines is 3. The molecule has 0 amide bonds. The van der Waals surface area contributed by atoms with Crippen molar-refractivity contribution >= 4 is 39.0 Å². The molecule has 0 unspecified atom stereocenters. The second-order valence-corrected chi connectivity index (χ2v) is 18.7. The van der Waals surface area contributed by atoms with Crippen molar-refractivity contribution in [2.24, 2.45) is 0 Å². The van der Waals surface area contributed by atoms with Crippen LogP contribution in [0.2, 0.25) is 0 Å². The number of rotatable bonds is 8. The predicted octanol–water partition coefficient (Wildman–Crippen LogP) is 17.4. The minimum absolute atomic E-state index is 0.543. The van der Waals surface area contributed by atoms with Crippen LogP contribution in [-0.2, 0) is 10.8 Å². The zero-order valence-corrected chi connectivity index (χ0v) is 38.3. The molecule has 0 bridgehead atoms. The Hall–Kier alpha value is -8.98. The number of para-hydroxylation sites is 1. The van der Waals surface area contributed by atoms with Gasteiger partial charge in [-0.05, 0) is 109 Å². The van der Waals surface area contributed by atoms with E-state index in [1.54, 1.807) is 0 Å². The molecule has 1 aromatic heterocycles. The van der Waals surface area contributed by atoms with Crippen LogP contribution < -0.4 is 4.90 Å². The Morgan fingerprint density at radius 2 is 0.700 bits per heavy atom. The number of hydrogen-bond acceptors (Lipinski definition) is 2. The summed E-state index contributed by atoms with van der Waals surface area (Å²) >= 11 is 0. The first-order valence-corrected chi connectivity index (χ1v) is 24.2. The fourth-order valence-corrected chi connectivity index (χ4v) is 12.4. The summed E-state index contributed by atoms with van der Waals surface area (Å²) in [5.74, 6) is 0. The second-order valence-electron chi connectivity index (χ2n) is 18.7. The molecule has 328 valence electrons. The van der Waals surface area contributed by atoms with Gasteiger partial charge in [-0.3, -0.25) is 0 Å². The van der Waals surface area contributed by atoms with Crippen molar-refractivity contribution in [3.63, 3.8) is 0 Å². The monoisotopic (exact) mass is 891 g/mol. The normalized spacial score (nSPS) is 13.7. The van der Waals surface area contributed by atoms with E-state index in [2.05, 4.69) is 278 Å². The Labute approximate surface area is 408 Å². The predicted molar refractivity (Wildman–Crippen MR) is 288 cm³/mol. The summed E-state index contributed by atoms with van der Waals surface area (Å²) in [4.78, 5) is 2.40. The molecule has 2 nitrogen and oxygen atoms in total. The molecule has 14 rings (SSSR count). The van der Waals surface area contributed by atoms with Crippen LogP contribution in [0.4, 0.5) is 17.1 Å². The highest BCUT2D eigenvalue weighted by atomic mass is 16.3. The van der Waals surface area contributed by atoms with Crippen LogP contribution in [0, 0.1) is 0 Å². The van der Waals surface area contributed by atoms with E-state index in [9.17, 15) is 0 Å². The van der Waals surface area contributed by atoms with E-state index < -0.39 is 10.8 Å². The third kappa shape index (κ3) is 5.74. The highest BCUT2D eigenvalue weighted by Gasteiger charge is 2.48. The molecule has 2 heteroatoms. The molecule has 0 saturated carbocycles. The van der Waals surface area contributed by atoms with Gasteiger partial charge in [-0.25, -0.2) is 0 Å². The van der Waals surface area contributed by atoms with Gasteiger partial charge in [0.1, 0.15) is 11.2 Å². The van der Waals surface area contributed by atoms with E-state index in [0.29, 0.717) is 0 Å². The van der Waals surface area contributed by atoms with E-state index in [-0.39, 0.29) is 0 Å². The third-order valence-corrected chi connectivity index (χ3v) is 15.2. The summed E-state index contributed by atoms with van der Waals surface area (Å²) in [6.45, 7) is 0. The molecule has 11 aromatic carbocycles. The average molecular weight is 892 g/mol. The van der Waals surface area contributed by atoms with Crippen LogP contribution in [0.15, 0.2) is 277 Å². The van der Waals surface area contributed by atoms with Gasteiger partial charge in [-0.15, -0.1) is 0 Å². The molecule has 1 heterocycles. The van der Waals surface area contributed by atoms with Gasteiger partial charge >= 0.3 is 0 Å². The fourth-order valence-electron chi connectivity index (χ4n) is 12.4. The Bertz CT molecular complexity index is 3840. The lowest BCUT2D eigenvalue weighted by Gasteiger charge is -2.35. The standard InChI is InChI=1S/C68H45NO/c1-5-20-46(21-6-1)47-36-38-51(39-37-47)69(52-40-42-57-56-30-13-16-32-60(56)67(64(57)44-52,48-22-7-2-8-23-48)49-24-9-3-10-25-49)53-41-43-58-59-31-19-35-63(66(59)70-65(58)45-53)68(50-26-11-4-12-27-50)61-33-17-14-28-54(61)55-29-15-18-34-62(55)68/h1-45H. The number of furan rings is 1. The number of hydrogen-bond donors (Lipinski definition) is 0. The Balaban J connectivity index is 0.997. The zero-order chi connectivity index (χ0) is 46.2. The third-order valence-electron chi connectivity index (χ3n) is 15.2. The zero-order valence-electron chi connectivity index (χ0n) is 38.3. The summed E-state index contributed by atoms with van der Waals surface area (Å²) in [6, 6.07) is 100. The van der Waals surface area contributed by atoms with Crippen LogP contribution in [0.5, 0.6) is 0 Å². The van der Waals surface area contributed by atoms with Gasteiger partial charge in [-0.1, -0.05) is 231 Å². The molecule has 0 saturated heterocycles. The van der Waals surface area contributed by atoms with Crippen molar-refractivity contribution in [1.29, 1.82) is 0 Å². The lowest BCUT2D eigenvalue weighted by Crippen LogP contribution is -2.28. The Morgan fingerprint density at radius 3 is 1.29 bits per heavy atom. The maximum absolute atomic E-state index is 7.35. The first-order valence-electron chi connectivity index (χ1n) is 24.2.